The molecule has 0 aromatic heterocycles. The van der Waals surface area contributed by atoms with E-state index in [-0.39, 0.29) is 12.1 Å². The van der Waals surface area contributed by atoms with Crippen LogP contribution in [0.3, 0.4) is 0 Å². The first-order valence-electron chi connectivity index (χ1n) is 18.7. The topological polar surface area (TPSA) is 55.4 Å². The van der Waals surface area contributed by atoms with Gasteiger partial charge in [0.2, 0.25) is 0 Å². The number of hydrogen-bond acceptors (Lipinski definition) is 4. The van der Waals surface area contributed by atoms with Gasteiger partial charge in [0.1, 0.15) is 12.4 Å². The van der Waals surface area contributed by atoms with Crippen LogP contribution in [0.15, 0.2) is 11.6 Å². The van der Waals surface area contributed by atoms with E-state index < -0.39 is 0 Å². The lowest BCUT2D eigenvalue weighted by Gasteiger charge is -2.58. The summed E-state index contributed by atoms with van der Waals surface area (Å²) in [6.45, 7) is 14.6. The molecule has 0 aliphatic heterocycles. The third-order valence-electron chi connectivity index (χ3n) is 13.0. The van der Waals surface area contributed by atoms with E-state index in [9.17, 15) is 9.59 Å². The second-order valence-electron chi connectivity index (χ2n) is 16.2. The molecule has 0 bridgehead atoms. The number of carbonyl (C=O) groups excluding carboxylic acids is 2. The molecular formula is C39H67NO3. The maximum absolute atomic E-state index is 12.7. The van der Waals surface area contributed by atoms with Gasteiger partial charge in [0.25, 0.3) is 0 Å². The van der Waals surface area contributed by atoms with Crippen molar-refractivity contribution in [3.63, 3.8) is 0 Å². The fourth-order valence-corrected chi connectivity index (χ4v) is 10.5. The second-order valence-corrected chi connectivity index (χ2v) is 16.2. The Kier molecular flexibility index (Phi) is 13.2. The van der Waals surface area contributed by atoms with Gasteiger partial charge in [-0.05, 0) is 130 Å². The summed E-state index contributed by atoms with van der Waals surface area (Å²) in [6.07, 6.45) is 25.7. The number of aldehydes is 1. The van der Waals surface area contributed by atoms with Gasteiger partial charge in [-0.1, -0.05) is 78.4 Å². The van der Waals surface area contributed by atoms with Crippen molar-refractivity contribution < 1.29 is 14.3 Å². The largest absolute Gasteiger partial charge is 0.462 e. The quantitative estimate of drug-likeness (QED) is 0.0739. The zero-order valence-electron chi connectivity index (χ0n) is 28.8. The molecule has 4 rings (SSSR count). The third kappa shape index (κ3) is 8.76. The predicted molar refractivity (Wildman–Crippen MR) is 179 cm³/mol. The number of unbranched alkanes of at least 4 members (excludes halogenated alkanes) is 5. The lowest BCUT2D eigenvalue weighted by Crippen LogP contribution is -2.51. The molecule has 8 unspecified atom stereocenters. The Morgan fingerprint density at radius 2 is 1.70 bits per heavy atom. The molecule has 3 saturated carbocycles. The first-order valence-corrected chi connectivity index (χ1v) is 18.7. The second kappa shape index (κ2) is 16.4. The van der Waals surface area contributed by atoms with Gasteiger partial charge in [-0.25, -0.2) is 0 Å². The van der Waals surface area contributed by atoms with E-state index in [2.05, 4.69) is 46.0 Å². The lowest BCUT2D eigenvalue weighted by atomic mass is 9.47. The highest BCUT2D eigenvalue weighted by atomic mass is 16.5. The van der Waals surface area contributed by atoms with Gasteiger partial charge in [0, 0.05) is 19.3 Å². The van der Waals surface area contributed by atoms with Gasteiger partial charge >= 0.3 is 5.97 Å². The van der Waals surface area contributed by atoms with Crippen LogP contribution in [-0.2, 0) is 14.3 Å². The molecule has 0 aromatic rings. The Morgan fingerprint density at radius 1 is 0.930 bits per heavy atom. The van der Waals surface area contributed by atoms with Crippen molar-refractivity contribution in [1.82, 2.24) is 5.32 Å². The number of ether oxygens (including phenoxy) is 1. The van der Waals surface area contributed by atoms with E-state index >= 15 is 0 Å². The lowest BCUT2D eigenvalue weighted by molar-refractivity contribution is -0.151. The summed E-state index contributed by atoms with van der Waals surface area (Å²) < 4.78 is 6.07. The third-order valence-corrected chi connectivity index (χ3v) is 13.0. The van der Waals surface area contributed by atoms with Gasteiger partial charge in [-0.2, -0.15) is 0 Å². The highest BCUT2D eigenvalue weighted by Gasteiger charge is 2.59. The van der Waals surface area contributed by atoms with E-state index in [0.29, 0.717) is 23.7 Å². The van der Waals surface area contributed by atoms with E-state index in [1.807, 2.05) is 0 Å². The van der Waals surface area contributed by atoms with Crippen molar-refractivity contribution in [3.8, 4) is 0 Å². The Bertz CT molecular complexity index is 912. The Balaban J connectivity index is 1.19. The van der Waals surface area contributed by atoms with E-state index in [1.54, 1.807) is 5.57 Å². The molecule has 4 aliphatic carbocycles. The summed E-state index contributed by atoms with van der Waals surface area (Å²) >= 11 is 0. The molecule has 246 valence electrons. The van der Waals surface area contributed by atoms with E-state index in [0.717, 1.165) is 106 Å². The van der Waals surface area contributed by atoms with Crippen molar-refractivity contribution in [2.45, 2.75) is 163 Å². The molecule has 8 atom stereocenters. The molecule has 4 aliphatic rings. The number of rotatable bonds is 18. The van der Waals surface area contributed by atoms with Crippen LogP contribution in [0.5, 0.6) is 0 Å². The molecule has 0 radical (unpaired) electrons. The van der Waals surface area contributed by atoms with Crippen LogP contribution in [0.25, 0.3) is 0 Å². The molecule has 0 saturated heterocycles. The zero-order chi connectivity index (χ0) is 30.9. The Labute approximate surface area is 265 Å². The van der Waals surface area contributed by atoms with Crippen molar-refractivity contribution in [2.75, 3.05) is 13.1 Å². The number of nitrogens with one attached hydrogen (secondary N) is 1. The van der Waals surface area contributed by atoms with Crippen LogP contribution in [0.2, 0.25) is 0 Å². The van der Waals surface area contributed by atoms with Crippen LogP contribution in [0.4, 0.5) is 0 Å². The van der Waals surface area contributed by atoms with Crippen molar-refractivity contribution in [3.05, 3.63) is 11.6 Å². The van der Waals surface area contributed by atoms with Gasteiger partial charge in [0.15, 0.2) is 0 Å². The fraction of sp³-hybridized carbons (Fsp3) is 0.897. The van der Waals surface area contributed by atoms with E-state index in [1.165, 1.54) is 57.8 Å². The number of hydrogen-bond donors (Lipinski definition) is 1. The molecule has 0 aromatic carbocycles. The standard InChI is InChI=1S/C39H67NO3/c1-29(2)14-13-15-30(3)34-19-20-35-33-18-17-31-28-32(21-23-38(31,4)36(33)22-24-39(34,35)5)43-37(42)16-9-8-11-26-40-25-10-6-7-12-27-41/h17,27,29-30,32-36,40H,6-16,18-26,28H2,1-5H3. The molecule has 43 heavy (non-hydrogen) atoms. The van der Waals surface area contributed by atoms with Crippen molar-refractivity contribution in [2.24, 2.45) is 46.3 Å². The first kappa shape index (κ1) is 34.7. The van der Waals surface area contributed by atoms with Crippen molar-refractivity contribution in [1.29, 1.82) is 0 Å². The Hall–Kier alpha value is -1.16. The minimum absolute atomic E-state index is 0.0129. The van der Waals surface area contributed by atoms with Gasteiger partial charge < -0.3 is 14.8 Å². The minimum atomic E-state index is 0.0129. The van der Waals surface area contributed by atoms with Crippen LogP contribution >= 0.6 is 0 Å². The highest BCUT2D eigenvalue weighted by Crippen LogP contribution is 2.67. The van der Waals surface area contributed by atoms with Crippen LogP contribution < -0.4 is 5.32 Å². The van der Waals surface area contributed by atoms with Gasteiger partial charge in [-0.3, -0.25) is 4.79 Å². The fourth-order valence-electron chi connectivity index (χ4n) is 10.5. The van der Waals surface area contributed by atoms with E-state index in [4.69, 9.17) is 4.74 Å². The summed E-state index contributed by atoms with van der Waals surface area (Å²) in [7, 11) is 0. The maximum atomic E-state index is 12.7. The van der Waals surface area contributed by atoms with Crippen LogP contribution in [-0.4, -0.2) is 31.4 Å². The molecule has 1 N–H and O–H groups in total. The maximum Gasteiger partial charge on any atom is 0.306 e. The smallest absolute Gasteiger partial charge is 0.306 e. The molecule has 0 spiro atoms. The summed E-state index contributed by atoms with van der Waals surface area (Å²) in [5, 5.41) is 3.49. The number of carbonyl (C=O) groups is 2. The normalized spacial score (nSPS) is 34.2. The highest BCUT2D eigenvalue weighted by molar-refractivity contribution is 5.69. The molecule has 3 fully saturated rings. The average Bonchev–Trinajstić information content (AvgIpc) is 3.33. The number of allylic oxidation sites excluding steroid dienone is 1. The van der Waals surface area contributed by atoms with Crippen LogP contribution in [0, 0.1) is 46.3 Å². The van der Waals surface area contributed by atoms with Crippen molar-refractivity contribution >= 4 is 12.3 Å². The summed E-state index contributed by atoms with van der Waals surface area (Å²) in [4.78, 5) is 23.1. The molecular weight excluding hydrogens is 530 g/mol. The van der Waals surface area contributed by atoms with Gasteiger partial charge in [-0.15, -0.1) is 0 Å². The van der Waals surface area contributed by atoms with Gasteiger partial charge in [0.05, 0.1) is 0 Å². The molecule has 4 heteroatoms. The summed E-state index contributed by atoms with van der Waals surface area (Å²) in [6, 6.07) is 0. The summed E-state index contributed by atoms with van der Waals surface area (Å²) in [5.74, 6) is 5.21. The number of fused-ring (bicyclic) bond motifs is 5. The molecule has 4 nitrogen and oxygen atoms in total. The average molecular weight is 598 g/mol. The summed E-state index contributed by atoms with van der Waals surface area (Å²) in [5.41, 5.74) is 2.48. The molecule has 0 amide bonds. The molecule has 0 heterocycles. The predicted octanol–water partition coefficient (Wildman–Crippen LogP) is 9.85. The zero-order valence-corrected chi connectivity index (χ0v) is 28.8. The van der Waals surface area contributed by atoms with Crippen LogP contribution in [0.1, 0.15) is 157 Å². The first-order chi connectivity index (χ1) is 20.7. The monoisotopic (exact) mass is 598 g/mol. The minimum Gasteiger partial charge on any atom is -0.462 e. The Morgan fingerprint density at radius 3 is 2.44 bits per heavy atom. The number of esters is 1. The SMILES string of the molecule is CC(C)CCCC(C)C1CCC2C3CC=C4CC(OC(=O)CCCCCNCCCCCC=O)CCC4(C)C3CCC12C.